The van der Waals surface area contributed by atoms with Crippen LogP contribution < -0.4 is 11.1 Å². The summed E-state index contributed by atoms with van der Waals surface area (Å²) in [5, 5.41) is 3.28. The summed E-state index contributed by atoms with van der Waals surface area (Å²) in [6.45, 7) is 0.723. The number of rotatable bonds is 3. The van der Waals surface area contributed by atoms with E-state index in [1.54, 1.807) is 0 Å². The predicted molar refractivity (Wildman–Crippen MR) is 78.1 cm³/mol. The molecule has 0 aliphatic carbocycles. The van der Waals surface area contributed by atoms with Crippen molar-refractivity contribution in [2.45, 2.75) is 12.0 Å². The molecule has 0 aromatic heterocycles. The second kappa shape index (κ2) is 5.14. The molecular formula is C16H17N3. The standard InChI is InChI=1S/C16H17N3/c17-16-18-11-14(19-16)15(12-7-3-1-4-8-12)13-9-5-2-6-10-13/h1-10,14-15H,11H2,(H3,17,18,19). The van der Waals surface area contributed by atoms with Crippen LogP contribution in [0.15, 0.2) is 65.7 Å². The summed E-state index contributed by atoms with van der Waals surface area (Å²) in [6, 6.07) is 21.2. The summed E-state index contributed by atoms with van der Waals surface area (Å²) in [6.07, 6.45) is 0. The highest BCUT2D eigenvalue weighted by Crippen LogP contribution is 2.29. The molecule has 3 N–H and O–H groups in total. The zero-order valence-electron chi connectivity index (χ0n) is 10.7. The first-order valence-corrected chi connectivity index (χ1v) is 6.51. The topological polar surface area (TPSA) is 50.4 Å². The van der Waals surface area contributed by atoms with Crippen LogP contribution in [0.2, 0.25) is 0 Å². The second-order valence-corrected chi connectivity index (χ2v) is 4.78. The molecule has 1 heterocycles. The molecule has 96 valence electrons. The highest BCUT2D eigenvalue weighted by atomic mass is 15.2. The quantitative estimate of drug-likeness (QED) is 0.877. The molecule has 0 saturated carbocycles. The molecule has 2 aromatic carbocycles. The predicted octanol–water partition coefficient (Wildman–Crippen LogP) is 2.10. The van der Waals surface area contributed by atoms with Crippen molar-refractivity contribution in [1.29, 1.82) is 0 Å². The Labute approximate surface area is 113 Å². The van der Waals surface area contributed by atoms with Gasteiger partial charge < -0.3 is 11.1 Å². The maximum absolute atomic E-state index is 5.76. The summed E-state index contributed by atoms with van der Waals surface area (Å²) in [5.41, 5.74) is 8.33. The molecule has 0 fully saturated rings. The Morgan fingerprint density at radius 3 is 1.89 bits per heavy atom. The number of nitrogens with zero attached hydrogens (tertiary/aromatic N) is 1. The Hall–Kier alpha value is -2.29. The highest BCUT2D eigenvalue weighted by Gasteiger charge is 2.27. The smallest absolute Gasteiger partial charge is 0.188 e. The minimum atomic E-state index is 0.227. The van der Waals surface area contributed by atoms with Crippen molar-refractivity contribution in [3.63, 3.8) is 0 Å². The molecule has 2 aromatic rings. The van der Waals surface area contributed by atoms with Gasteiger partial charge in [0.25, 0.3) is 0 Å². The van der Waals surface area contributed by atoms with Crippen LogP contribution in [0, 0.1) is 0 Å². The second-order valence-electron chi connectivity index (χ2n) is 4.78. The Bertz CT molecular complexity index is 524. The molecule has 3 nitrogen and oxygen atoms in total. The van der Waals surface area contributed by atoms with Crippen LogP contribution in [-0.2, 0) is 0 Å². The van der Waals surface area contributed by atoms with Crippen molar-refractivity contribution in [1.82, 2.24) is 5.32 Å². The van der Waals surface area contributed by atoms with Crippen molar-refractivity contribution in [2.24, 2.45) is 10.7 Å². The van der Waals surface area contributed by atoms with Crippen molar-refractivity contribution < 1.29 is 0 Å². The van der Waals surface area contributed by atoms with Crippen molar-refractivity contribution >= 4 is 5.96 Å². The molecule has 1 unspecified atom stereocenters. The summed E-state index contributed by atoms with van der Waals surface area (Å²) >= 11 is 0. The van der Waals surface area contributed by atoms with E-state index in [9.17, 15) is 0 Å². The minimum Gasteiger partial charge on any atom is -0.370 e. The first-order chi connectivity index (χ1) is 9.34. The molecule has 19 heavy (non-hydrogen) atoms. The van der Waals surface area contributed by atoms with Crippen molar-refractivity contribution in [3.05, 3.63) is 71.8 Å². The van der Waals surface area contributed by atoms with Crippen LogP contribution in [0.3, 0.4) is 0 Å². The van der Waals surface area contributed by atoms with E-state index in [0.717, 1.165) is 6.54 Å². The van der Waals surface area contributed by atoms with Gasteiger partial charge in [0.15, 0.2) is 5.96 Å². The van der Waals surface area contributed by atoms with E-state index >= 15 is 0 Å². The lowest BCUT2D eigenvalue weighted by Gasteiger charge is -2.24. The Kier molecular flexibility index (Phi) is 3.19. The highest BCUT2D eigenvalue weighted by molar-refractivity contribution is 5.80. The van der Waals surface area contributed by atoms with Gasteiger partial charge in [0, 0.05) is 5.92 Å². The average Bonchev–Trinajstić information content (AvgIpc) is 2.88. The number of nitrogens with one attached hydrogen (secondary N) is 1. The monoisotopic (exact) mass is 251 g/mol. The zero-order chi connectivity index (χ0) is 13.1. The van der Waals surface area contributed by atoms with Crippen LogP contribution in [0.1, 0.15) is 17.0 Å². The van der Waals surface area contributed by atoms with Crippen LogP contribution in [0.5, 0.6) is 0 Å². The van der Waals surface area contributed by atoms with Gasteiger partial charge in [-0.1, -0.05) is 60.7 Å². The van der Waals surface area contributed by atoms with Gasteiger partial charge in [0.1, 0.15) is 0 Å². The summed E-state index contributed by atoms with van der Waals surface area (Å²) < 4.78 is 0. The Morgan fingerprint density at radius 1 is 0.947 bits per heavy atom. The molecular weight excluding hydrogens is 234 g/mol. The van der Waals surface area contributed by atoms with E-state index in [2.05, 4.69) is 58.8 Å². The van der Waals surface area contributed by atoms with Gasteiger partial charge in [-0.15, -0.1) is 0 Å². The lowest BCUT2D eigenvalue weighted by molar-refractivity contribution is 0.581. The fourth-order valence-electron chi connectivity index (χ4n) is 2.64. The lowest BCUT2D eigenvalue weighted by atomic mass is 9.85. The SMILES string of the molecule is NC1=NCC(C(c2ccccc2)c2ccccc2)N1. The number of nitrogens with two attached hydrogens (primary N) is 1. The molecule has 1 aliphatic heterocycles. The Balaban J connectivity index is 1.97. The fourth-order valence-corrected chi connectivity index (χ4v) is 2.64. The van der Waals surface area contributed by atoms with Gasteiger partial charge >= 0.3 is 0 Å². The van der Waals surface area contributed by atoms with Gasteiger partial charge in [-0.25, -0.2) is 0 Å². The average molecular weight is 251 g/mol. The van der Waals surface area contributed by atoms with Gasteiger partial charge in [-0.3, -0.25) is 4.99 Å². The molecule has 1 aliphatic rings. The molecule has 3 rings (SSSR count). The van der Waals surface area contributed by atoms with E-state index < -0.39 is 0 Å². The summed E-state index contributed by atoms with van der Waals surface area (Å²) in [7, 11) is 0. The van der Waals surface area contributed by atoms with Gasteiger partial charge in [0.2, 0.25) is 0 Å². The van der Waals surface area contributed by atoms with Gasteiger partial charge in [-0.2, -0.15) is 0 Å². The van der Waals surface area contributed by atoms with Crippen LogP contribution in [0.25, 0.3) is 0 Å². The van der Waals surface area contributed by atoms with Crippen LogP contribution in [0.4, 0.5) is 0 Å². The minimum absolute atomic E-state index is 0.227. The number of benzene rings is 2. The van der Waals surface area contributed by atoms with Crippen molar-refractivity contribution in [2.75, 3.05) is 6.54 Å². The van der Waals surface area contributed by atoms with E-state index in [0.29, 0.717) is 5.96 Å². The molecule has 0 spiro atoms. The summed E-state index contributed by atoms with van der Waals surface area (Å²) in [4.78, 5) is 4.27. The first-order valence-electron chi connectivity index (χ1n) is 6.51. The third kappa shape index (κ3) is 2.45. The third-order valence-electron chi connectivity index (χ3n) is 3.51. The van der Waals surface area contributed by atoms with Crippen LogP contribution >= 0.6 is 0 Å². The van der Waals surface area contributed by atoms with Crippen LogP contribution in [-0.4, -0.2) is 18.5 Å². The largest absolute Gasteiger partial charge is 0.370 e. The third-order valence-corrected chi connectivity index (χ3v) is 3.51. The molecule has 0 radical (unpaired) electrons. The molecule has 0 amide bonds. The van der Waals surface area contributed by atoms with Gasteiger partial charge in [0.05, 0.1) is 12.6 Å². The zero-order valence-corrected chi connectivity index (χ0v) is 10.7. The van der Waals surface area contributed by atoms with Gasteiger partial charge in [-0.05, 0) is 11.1 Å². The summed E-state index contributed by atoms with van der Waals surface area (Å²) in [5.74, 6) is 0.814. The molecule has 0 saturated heterocycles. The molecule has 3 heteroatoms. The first kappa shape index (κ1) is 11.8. The van der Waals surface area contributed by atoms with E-state index in [1.807, 2.05) is 12.1 Å². The number of guanidine groups is 1. The van der Waals surface area contributed by atoms with E-state index in [4.69, 9.17) is 5.73 Å². The normalized spacial score (nSPS) is 18.2. The maximum atomic E-state index is 5.76. The number of aliphatic imine (C=N–C) groups is 1. The van der Waals surface area contributed by atoms with Crippen molar-refractivity contribution in [3.8, 4) is 0 Å². The van der Waals surface area contributed by atoms with E-state index in [-0.39, 0.29) is 12.0 Å². The number of hydrogen-bond donors (Lipinski definition) is 2. The molecule has 0 bridgehead atoms. The Morgan fingerprint density at radius 2 is 1.47 bits per heavy atom. The number of hydrogen-bond acceptors (Lipinski definition) is 3. The maximum Gasteiger partial charge on any atom is 0.188 e. The molecule has 1 atom stereocenters. The fraction of sp³-hybridized carbons (Fsp3) is 0.188. The van der Waals surface area contributed by atoms with E-state index in [1.165, 1.54) is 11.1 Å². The lowest BCUT2D eigenvalue weighted by Crippen LogP contribution is -2.39.